The molecule has 0 spiro atoms. The second kappa shape index (κ2) is 10.1. The number of aromatic nitrogens is 2. The van der Waals surface area contributed by atoms with Crippen LogP contribution in [0.3, 0.4) is 0 Å². The van der Waals surface area contributed by atoms with E-state index in [0.29, 0.717) is 13.2 Å². The lowest BCUT2D eigenvalue weighted by atomic mass is 10.1. The molecule has 0 radical (unpaired) electrons. The van der Waals surface area contributed by atoms with Crippen molar-refractivity contribution in [3.05, 3.63) is 52.3 Å². The molecule has 0 aliphatic carbocycles. The molecule has 0 fully saturated rings. The standard InChI is InChI=1S/C21H33N5O/c1-7-22-21(23-13-18-10-8-9-11-19(18)14-27-6)24-15(2)12-20-16(3)25-26(5)17(20)4/h8-11,15H,7,12-14H2,1-6H3,(H2,22,23,24). The van der Waals surface area contributed by atoms with Crippen LogP contribution in [0.25, 0.3) is 0 Å². The predicted octanol–water partition coefficient (Wildman–Crippen LogP) is 2.87. The first-order valence-electron chi connectivity index (χ1n) is 9.55. The minimum absolute atomic E-state index is 0.249. The summed E-state index contributed by atoms with van der Waals surface area (Å²) in [6.45, 7) is 10.5. The highest BCUT2D eigenvalue weighted by atomic mass is 16.5. The lowest BCUT2D eigenvalue weighted by molar-refractivity contribution is 0.184. The van der Waals surface area contributed by atoms with Crippen LogP contribution in [0.2, 0.25) is 0 Å². The number of nitrogens with one attached hydrogen (secondary N) is 2. The molecule has 0 aliphatic heterocycles. The maximum absolute atomic E-state index is 5.29. The summed E-state index contributed by atoms with van der Waals surface area (Å²) in [5.41, 5.74) is 5.98. The van der Waals surface area contributed by atoms with Gasteiger partial charge in [0.1, 0.15) is 0 Å². The Balaban J connectivity index is 2.07. The first-order chi connectivity index (χ1) is 13.0. The average Bonchev–Trinajstić information content (AvgIpc) is 2.87. The lowest BCUT2D eigenvalue weighted by Gasteiger charge is -2.18. The molecule has 6 heteroatoms. The normalized spacial score (nSPS) is 12.9. The molecule has 6 nitrogen and oxygen atoms in total. The monoisotopic (exact) mass is 371 g/mol. The van der Waals surface area contributed by atoms with Gasteiger partial charge in [-0.25, -0.2) is 4.99 Å². The summed E-state index contributed by atoms with van der Waals surface area (Å²) in [5, 5.41) is 11.4. The van der Waals surface area contributed by atoms with E-state index in [1.54, 1.807) is 7.11 Å². The predicted molar refractivity (Wildman–Crippen MR) is 111 cm³/mol. The van der Waals surface area contributed by atoms with E-state index in [4.69, 9.17) is 9.73 Å². The van der Waals surface area contributed by atoms with Crippen LogP contribution in [-0.2, 0) is 31.4 Å². The summed E-state index contributed by atoms with van der Waals surface area (Å²) < 4.78 is 7.24. The fourth-order valence-corrected chi connectivity index (χ4v) is 3.20. The maximum Gasteiger partial charge on any atom is 0.191 e. The van der Waals surface area contributed by atoms with E-state index in [1.165, 1.54) is 22.4 Å². The number of aliphatic imine (C=N–C) groups is 1. The molecular formula is C21H33N5O. The number of methoxy groups -OCH3 is 1. The van der Waals surface area contributed by atoms with Crippen molar-refractivity contribution in [1.82, 2.24) is 20.4 Å². The molecule has 1 aromatic heterocycles. The van der Waals surface area contributed by atoms with Gasteiger partial charge in [0, 0.05) is 32.4 Å². The molecular weight excluding hydrogens is 338 g/mol. The van der Waals surface area contributed by atoms with Gasteiger partial charge >= 0.3 is 0 Å². The summed E-state index contributed by atoms with van der Waals surface area (Å²) in [6.07, 6.45) is 0.913. The largest absolute Gasteiger partial charge is 0.380 e. The van der Waals surface area contributed by atoms with Crippen molar-refractivity contribution in [3.63, 3.8) is 0 Å². The van der Waals surface area contributed by atoms with Gasteiger partial charge in [-0.05, 0) is 50.8 Å². The highest BCUT2D eigenvalue weighted by Crippen LogP contribution is 2.14. The van der Waals surface area contributed by atoms with E-state index in [9.17, 15) is 0 Å². The second-order valence-corrected chi connectivity index (χ2v) is 6.92. The third-order valence-electron chi connectivity index (χ3n) is 4.72. The van der Waals surface area contributed by atoms with E-state index in [2.05, 4.69) is 55.6 Å². The summed E-state index contributed by atoms with van der Waals surface area (Å²) in [7, 11) is 3.71. The molecule has 2 aromatic rings. The van der Waals surface area contributed by atoms with Crippen molar-refractivity contribution in [1.29, 1.82) is 0 Å². The van der Waals surface area contributed by atoms with Crippen molar-refractivity contribution in [2.24, 2.45) is 12.0 Å². The SMILES string of the molecule is CCNC(=NCc1ccccc1COC)NC(C)Cc1c(C)nn(C)c1C. The molecule has 1 heterocycles. The Kier molecular flexibility index (Phi) is 7.85. The van der Waals surface area contributed by atoms with E-state index >= 15 is 0 Å². The first kappa shape index (κ1) is 21.0. The number of hydrogen-bond acceptors (Lipinski definition) is 3. The van der Waals surface area contributed by atoms with Gasteiger partial charge < -0.3 is 15.4 Å². The summed E-state index contributed by atoms with van der Waals surface area (Å²) in [6, 6.07) is 8.52. The molecule has 2 N–H and O–H groups in total. The van der Waals surface area contributed by atoms with Gasteiger partial charge in [0.25, 0.3) is 0 Å². The molecule has 1 unspecified atom stereocenters. The Labute approximate surface area is 163 Å². The van der Waals surface area contributed by atoms with Gasteiger partial charge in [0.05, 0.1) is 18.8 Å². The van der Waals surface area contributed by atoms with Crippen LogP contribution in [0, 0.1) is 13.8 Å². The summed E-state index contributed by atoms with van der Waals surface area (Å²) in [4.78, 5) is 4.78. The Hall–Kier alpha value is -2.34. The zero-order valence-electron chi connectivity index (χ0n) is 17.5. The number of hydrogen-bond donors (Lipinski definition) is 2. The highest BCUT2D eigenvalue weighted by molar-refractivity contribution is 5.80. The first-order valence-corrected chi connectivity index (χ1v) is 9.55. The van der Waals surface area contributed by atoms with Crippen LogP contribution in [-0.4, -0.2) is 35.4 Å². The van der Waals surface area contributed by atoms with Gasteiger partial charge in [-0.3, -0.25) is 4.68 Å². The molecule has 1 aromatic carbocycles. The fraction of sp³-hybridized carbons (Fsp3) is 0.524. The van der Waals surface area contributed by atoms with Crippen molar-refractivity contribution in [2.45, 2.75) is 53.3 Å². The van der Waals surface area contributed by atoms with Crippen LogP contribution in [0.5, 0.6) is 0 Å². The van der Waals surface area contributed by atoms with E-state index in [0.717, 1.165) is 24.6 Å². The summed E-state index contributed by atoms with van der Waals surface area (Å²) in [5.74, 6) is 0.830. The molecule has 0 bridgehead atoms. The molecule has 0 amide bonds. The minimum Gasteiger partial charge on any atom is -0.380 e. The van der Waals surface area contributed by atoms with Gasteiger partial charge in [0.15, 0.2) is 5.96 Å². The molecule has 2 rings (SSSR count). The van der Waals surface area contributed by atoms with E-state index in [-0.39, 0.29) is 6.04 Å². The fourth-order valence-electron chi connectivity index (χ4n) is 3.20. The van der Waals surface area contributed by atoms with Crippen LogP contribution in [0.4, 0.5) is 0 Å². The van der Waals surface area contributed by atoms with Crippen LogP contribution < -0.4 is 10.6 Å². The Morgan fingerprint density at radius 1 is 1.26 bits per heavy atom. The van der Waals surface area contributed by atoms with Gasteiger partial charge in [-0.15, -0.1) is 0 Å². The van der Waals surface area contributed by atoms with Crippen molar-refractivity contribution in [2.75, 3.05) is 13.7 Å². The highest BCUT2D eigenvalue weighted by Gasteiger charge is 2.14. The Morgan fingerprint density at radius 2 is 1.96 bits per heavy atom. The second-order valence-electron chi connectivity index (χ2n) is 6.92. The van der Waals surface area contributed by atoms with Crippen molar-refractivity contribution in [3.8, 4) is 0 Å². The van der Waals surface area contributed by atoms with Crippen LogP contribution in [0.1, 0.15) is 41.9 Å². The van der Waals surface area contributed by atoms with Crippen LogP contribution >= 0.6 is 0 Å². The van der Waals surface area contributed by atoms with E-state index < -0.39 is 0 Å². The molecule has 0 saturated heterocycles. The lowest BCUT2D eigenvalue weighted by Crippen LogP contribution is -2.43. The number of guanidine groups is 1. The van der Waals surface area contributed by atoms with Gasteiger partial charge in [0.2, 0.25) is 0 Å². The molecule has 27 heavy (non-hydrogen) atoms. The number of rotatable bonds is 8. The Bertz CT molecular complexity index is 766. The van der Waals surface area contributed by atoms with Gasteiger partial charge in [-0.2, -0.15) is 5.10 Å². The van der Waals surface area contributed by atoms with Crippen molar-refractivity contribution < 1.29 is 4.74 Å². The number of benzene rings is 1. The third-order valence-corrected chi connectivity index (χ3v) is 4.72. The van der Waals surface area contributed by atoms with E-state index in [1.807, 2.05) is 23.9 Å². The molecule has 0 aliphatic rings. The third kappa shape index (κ3) is 5.82. The number of nitrogens with zero attached hydrogens (tertiary/aromatic N) is 3. The van der Waals surface area contributed by atoms with Gasteiger partial charge in [-0.1, -0.05) is 24.3 Å². The molecule has 1 atom stereocenters. The number of aryl methyl sites for hydroxylation is 2. The zero-order chi connectivity index (χ0) is 19.8. The maximum atomic E-state index is 5.29. The van der Waals surface area contributed by atoms with Crippen LogP contribution in [0.15, 0.2) is 29.3 Å². The Morgan fingerprint density at radius 3 is 2.56 bits per heavy atom. The number of ether oxygens (including phenoxy) is 1. The average molecular weight is 372 g/mol. The van der Waals surface area contributed by atoms with Crippen molar-refractivity contribution >= 4 is 5.96 Å². The minimum atomic E-state index is 0.249. The zero-order valence-corrected chi connectivity index (χ0v) is 17.5. The smallest absolute Gasteiger partial charge is 0.191 e. The molecule has 0 saturated carbocycles. The quantitative estimate of drug-likeness (QED) is 0.553. The molecule has 148 valence electrons. The topological polar surface area (TPSA) is 63.5 Å². The summed E-state index contributed by atoms with van der Waals surface area (Å²) >= 11 is 0.